The number of hydrogen-bond donors (Lipinski definition) is 1. The van der Waals surface area contributed by atoms with Crippen LogP contribution in [0.4, 0.5) is 0 Å². The van der Waals surface area contributed by atoms with Crippen molar-refractivity contribution in [3.8, 4) is 0 Å². The Hall–Kier alpha value is -0.900. The summed E-state index contributed by atoms with van der Waals surface area (Å²) in [7, 11) is 1.75. The van der Waals surface area contributed by atoms with E-state index in [-0.39, 0.29) is 5.54 Å². The zero-order chi connectivity index (χ0) is 15.0. The minimum atomic E-state index is -0.336. The molecule has 1 rings (SSSR count). The van der Waals surface area contributed by atoms with Crippen LogP contribution in [0.15, 0.2) is 30.3 Å². The van der Waals surface area contributed by atoms with Gasteiger partial charge in [-0.1, -0.05) is 44.2 Å². The first-order valence-corrected chi connectivity index (χ1v) is 7.62. The Kier molecular flexibility index (Phi) is 7.20. The number of benzene rings is 1. The van der Waals surface area contributed by atoms with Crippen LogP contribution >= 0.6 is 0 Å². The van der Waals surface area contributed by atoms with Crippen LogP contribution in [-0.4, -0.2) is 37.7 Å². The van der Waals surface area contributed by atoms with E-state index < -0.39 is 0 Å². The molecule has 2 N–H and O–H groups in total. The van der Waals surface area contributed by atoms with E-state index in [1.807, 2.05) is 6.07 Å². The molecule has 0 aliphatic carbocycles. The first-order chi connectivity index (χ1) is 9.55. The van der Waals surface area contributed by atoms with Crippen molar-refractivity contribution < 1.29 is 4.74 Å². The molecule has 20 heavy (non-hydrogen) atoms. The van der Waals surface area contributed by atoms with Crippen molar-refractivity contribution >= 4 is 0 Å². The van der Waals surface area contributed by atoms with E-state index in [9.17, 15) is 0 Å². The highest BCUT2D eigenvalue weighted by Crippen LogP contribution is 2.21. The molecule has 0 aliphatic heterocycles. The number of nitrogens with two attached hydrogens (primary N) is 1. The van der Waals surface area contributed by atoms with Crippen molar-refractivity contribution in [3.05, 3.63) is 35.9 Å². The number of ether oxygens (including phenoxy) is 1. The molecule has 0 radical (unpaired) electrons. The summed E-state index contributed by atoms with van der Waals surface area (Å²) in [5, 5.41) is 0. The van der Waals surface area contributed by atoms with Crippen molar-refractivity contribution in [3.63, 3.8) is 0 Å². The van der Waals surface area contributed by atoms with Crippen molar-refractivity contribution in [1.82, 2.24) is 4.90 Å². The standard InChI is InChI=1S/C17H30N2O/c1-5-16(6-2)19(12-13-20-4)14-17(3,18)15-10-8-7-9-11-15/h7-11,16H,5-6,12-14,18H2,1-4H3. The van der Waals surface area contributed by atoms with Gasteiger partial charge in [0.15, 0.2) is 0 Å². The molecule has 1 atom stereocenters. The van der Waals surface area contributed by atoms with Gasteiger partial charge in [0.25, 0.3) is 0 Å². The van der Waals surface area contributed by atoms with Crippen molar-refractivity contribution in [2.24, 2.45) is 5.73 Å². The molecular formula is C17H30N2O. The SMILES string of the molecule is CCC(CC)N(CCOC)CC(C)(N)c1ccccc1. The minimum Gasteiger partial charge on any atom is -0.383 e. The second-order valence-corrected chi connectivity index (χ2v) is 5.72. The Bertz CT molecular complexity index is 361. The highest BCUT2D eigenvalue weighted by Gasteiger charge is 2.27. The zero-order valence-electron chi connectivity index (χ0n) is 13.4. The summed E-state index contributed by atoms with van der Waals surface area (Å²) in [5.41, 5.74) is 7.43. The molecule has 0 bridgehead atoms. The Morgan fingerprint density at radius 1 is 1.20 bits per heavy atom. The first-order valence-electron chi connectivity index (χ1n) is 7.62. The average Bonchev–Trinajstić information content (AvgIpc) is 2.46. The number of rotatable bonds is 9. The van der Waals surface area contributed by atoms with Crippen LogP contribution in [0.5, 0.6) is 0 Å². The van der Waals surface area contributed by atoms with Crippen LogP contribution in [-0.2, 0) is 10.3 Å². The molecule has 114 valence electrons. The molecule has 1 aromatic rings. The molecule has 0 heterocycles. The highest BCUT2D eigenvalue weighted by molar-refractivity contribution is 5.23. The quantitative estimate of drug-likeness (QED) is 0.754. The molecule has 0 aromatic heterocycles. The summed E-state index contributed by atoms with van der Waals surface area (Å²) < 4.78 is 5.25. The van der Waals surface area contributed by atoms with E-state index in [4.69, 9.17) is 10.5 Å². The molecule has 1 unspecified atom stereocenters. The Morgan fingerprint density at radius 3 is 2.30 bits per heavy atom. The van der Waals surface area contributed by atoms with E-state index in [1.54, 1.807) is 7.11 Å². The van der Waals surface area contributed by atoms with Gasteiger partial charge in [-0.25, -0.2) is 0 Å². The number of hydrogen-bond acceptors (Lipinski definition) is 3. The third-order valence-corrected chi connectivity index (χ3v) is 4.01. The highest BCUT2D eigenvalue weighted by atomic mass is 16.5. The monoisotopic (exact) mass is 278 g/mol. The number of nitrogens with zero attached hydrogens (tertiary/aromatic N) is 1. The predicted molar refractivity (Wildman–Crippen MR) is 85.8 cm³/mol. The van der Waals surface area contributed by atoms with E-state index in [1.165, 1.54) is 5.56 Å². The van der Waals surface area contributed by atoms with Crippen molar-refractivity contribution in [2.75, 3.05) is 26.8 Å². The lowest BCUT2D eigenvalue weighted by Crippen LogP contribution is -2.49. The topological polar surface area (TPSA) is 38.5 Å². The fourth-order valence-electron chi connectivity index (χ4n) is 2.74. The summed E-state index contributed by atoms with van der Waals surface area (Å²) in [6.45, 7) is 9.13. The smallest absolute Gasteiger partial charge is 0.0589 e. The second-order valence-electron chi connectivity index (χ2n) is 5.72. The van der Waals surface area contributed by atoms with Crippen molar-refractivity contribution in [1.29, 1.82) is 0 Å². The summed E-state index contributed by atoms with van der Waals surface area (Å²) >= 11 is 0. The van der Waals surface area contributed by atoms with Gasteiger partial charge < -0.3 is 10.5 Å². The van der Waals surface area contributed by atoms with E-state index in [0.717, 1.165) is 32.5 Å². The molecule has 1 aromatic carbocycles. The molecule has 3 heteroatoms. The molecule has 0 fully saturated rings. The Labute approximate surface area is 124 Å². The fraction of sp³-hybridized carbons (Fsp3) is 0.647. The van der Waals surface area contributed by atoms with Gasteiger partial charge in [-0.05, 0) is 25.3 Å². The molecule has 0 saturated carbocycles. The van der Waals surface area contributed by atoms with Gasteiger partial charge in [-0.15, -0.1) is 0 Å². The predicted octanol–water partition coefficient (Wildman–Crippen LogP) is 3.00. The van der Waals surface area contributed by atoms with Gasteiger partial charge in [0, 0.05) is 26.2 Å². The minimum absolute atomic E-state index is 0.336. The molecule has 3 nitrogen and oxygen atoms in total. The molecule has 0 amide bonds. The normalized spacial score (nSPS) is 14.8. The summed E-state index contributed by atoms with van der Waals surface area (Å²) in [6, 6.07) is 10.9. The van der Waals surface area contributed by atoms with Gasteiger partial charge in [0.1, 0.15) is 0 Å². The molecule has 0 aliphatic rings. The number of methoxy groups -OCH3 is 1. The first kappa shape index (κ1) is 17.2. The van der Waals surface area contributed by atoms with E-state index >= 15 is 0 Å². The van der Waals surface area contributed by atoms with Crippen LogP contribution in [0, 0.1) is 0 Å². The van der Waals surface area contributed by atoms with Gasteiger partial charge in [-0.2, -0.15) is 0 Å². The average molecular weight is 278 g/mol. The summed E-state index contributed by atoms with van der Waals surface area (Å²) in [4.78, 5) is 2.47. The van der Waals surface area contributed by atoms with Crippen LogP contribution in [0.2, 0.25) is 0 Å². The molecule has 0 saturated heterocycles. The van der Waals surface area contributed by atoms with Crippen molar-refractivity contribution in [2.45, 2.75) is 45.2 Å². The van der Waals surface area contributed by atoms with Crippen LogP contribution < -0.4 is 5.73 Å². The summed E-state index contributed by atoms with van der Waals surface area (Å²) in [5.74, 6) is 0. The maximum atomic E-state index is 6.58. The lowest BCUT2D eigenvalue weighted by Gasteiger charge is -2.37. The third-order valence-electron chi connectivity index (χ3n) is 4.01. The lowest BCUT2D eigenvalue weighted by molar-refractivity contribution is 0.0969. The zero-order valence-corrected chi connectivity index (χ0v) is 13.4. The van der Waals surface area contributed by atoms with Gasteiger partial charge in [0.2, 0.25) is 0 Å². The Morgan fingerprint density at radius 2 is 1.80 bits per heavy atom. The van der Waals surface area contributed by atoms with E-state index in [2.05, 4.69) is 49.9 Å². The lowest BCUT2D eigenvalue weighted by atomic mass is 9.91. The summed E-state index contributed by atoms with van der Waals surface area (Å²) in [6.07, 6.45) is 2.29. The molecule has 0 spiro atoms. The third kappa shape index (κ3) is 4.89. The van der Waals surface area contributed by atoms with Crippen LogP contribution in [0.3, 0.4) is 0 Å². The van der Waals surface area contributed by atoms with E-state index in [0.29, 0.717) is 6.04 Å². The fourth-order valence-corrected chi connectivity index (χ4v) is 2.74. The maximum absolute atomic E-state index is 6.58. The van der Waals surface area contributed by atoms with Gasteiger partial charge in [-0.3, -0.25) is 4.90 Å². The van der Waals surface area contributed by atoms with Gasteiger partial charge in [0.05, 0.1) is 12.1 Å². The maximum Gasteiger partial charge on any atom is 0.0589 e. The largest absolute Gasteiger partial charge is 0.383 e. The Balaban J connectivity index is 2.81. The van der Waals surface area contributed by atoms with Crippen LogP contribution in [0.1, 0.15) is 39.2 Å². The van der Waals surface area contributed by atoms with Crippen LogP contribution in [0.25, 0.3) is 0 Å². The van der Waals surface area contributed by atoms with Gasteiger partial charge >= 0.3 is 0 Å². The molecular weight excluding hydrogens is 248 g/mol. The second kappa shape index (κ2) is 8.40.